The largest absolute Gasteiger partial charge is 0.393 e. The molecule has 3 saturated carbocycles. The van der Waals surface area contributed by atoms with Crippen LogP contribution in [0.25, 0.3) is 0 Å². The highest BCUT2D eigenvalue weighted by molar-refractivity contribution is 5.25. The van der Waals surface area contributed by atoms with Crippen LogP contribution in [0.1, 0.15) is 91.9 Å². The molecule has 3 heteroatoms. The number of fused-ring (bicyclic) bond motifs is 5. The molecule has 4 fully saturated rings. The summed E-state index contributed by atoms with van der Waals surface area (Å²) in [5.74, 6) is 3.44. The number of aliphatic hydroxyl groups is 2. The Kier molecular flexibility index (Phi) is 5.24. The number of hydrogen-bond acceptors (Lipinski definition) is 3. The molecule has 1 aliphatic heterocycles. The lowest BCUT2D eigenvalue weighted by atomic mass is 9.46. The van der Waals surface area contributed by atoms with Crippen molar-refractivity contribution in [1.29, 1.82) is 0 Å². The molecule has 3 nitrogen and oxygen atoms in total. The second-order valence-corrected chi connectivity index (χ2v) is 12.7. The standard InChI is InChI=1S/C27H45NO2/c1-17-5-10-24(28-16-17)27(4,30)23-9-8-21-20-7-6-18-15-19(29)11-13-25(18,2)22(20)12-14-26(21,23)3/h6,17,19-24,28-30H,5,7-16H2,1-4H3/t17?,19-,20-,21-,22-,23-,24?,25-,26-,27+/m0/s1. The van der Waals surface area contributed by atoms with Crippen LogP contribution in [0.5, 0.6) is 0 Å². The quantitative estimate of drug-likeness (QED) is 0.552. The van der Waals surface area contributed by atoms with Crippen molar-refractivity contribution in [2.45, 2.75) is 110 Å². The highest BCUT2D eigenvalue weighted by Gasteiger charge is 2.62. The summed E-state index contributed by atoms with van der Waals surface area (Å²) >= 11 is 0. The van der Waals surface area contributed by atoms with Crippen LogP contribution >= 0.6 is 0 Å². The fraction of sp³-hybridized carbons (Fsp3) is 0.926. The van der Waals surface area contributed by atoms with E-state index in [1.807, 2.05) is 0 Å². The van der Waals surface area contributed by atoms with Crippen LogP contribution in [-0.4, -0.2) is 34.5 Å². The molecular weight excluding hydrogens is 370 g/mol. The molecule has 0 bridgehead atoms. The van der Waals surface area contributed by atoms with Crippen LogP contribution in [0.2, 0.25) is 0 Å². The van der Waals surface area contributed by atoms with Crippen LogP contribution in [0, 0.1) is 40.4 Å². The number of hydrogen-bond donors (Lipinski definition) is 3. The topological polar surface area (TPSA) is 52.5 Å². The Morgan fingerprint density at radius 3 is 2.57 bits per heavy atom. The van der Waals surface area contributed by atoms with Gasteiger partial charge in [-0.05, 0) is 118 Å². The molecule has 0 aromatic rings. The van der Waals surface area contributed by atoms with E-state index in [1.54, 1.807) is 5.57 Å². The molecule has 0 aromatic heterocycles. The highest BCUT2D eigenvalue weighted by Crippen LogP contribution is 2.67. The minimum absolute atomic E-state index is 0.119. The molecule has 0 spiro atoms. The van der Waals surface area contributed by atoms with Crippen molar-refractivity contribution in [3.05, 3.63) is 11.6 Å². The molecule has 3 N–H and O–H groups in total. The van der Waals surface area contributed by atoms with Gasteiger partial charge in [0.2, 0.25) is 0 Å². The van der Waals surface area contributed by atoms with Crippen molar-refractivity contribution in [2.24, 2.45) is 40.4 Å². The van der Waals surface area contributed by atoms with Gasteiger partial charge in [0, 0.05) is 6.04 Å². The lowest BCUT2D eigenvalue weighted by Gasteiger charge is -2.59. The van der Waals surface area contributed by atoms with Crippen LogP contribution < -0.4 is 5.32 Å². The van der Waals surface area contributed by atoms with Crippen molar-refractivity contribution < 1.29 is 10.2 Å². The van der Waals surface area contributed by atoms with Gasteiger partial charge in [-0.25, -0.2) is 0 Å². The van der Waals surface area contributed by atoms with Gasteiger partial charge in [-0.15, -0.1) is 0 Å². The monoisotopic (exact) mass is 415 g/mol. The average Bonchev–Trinajstić information content (AvgIpc) is 3.07. The van der Waals surface area contributed by atoms with Gasteiger partial charge in [0.05, 0.1) is 11.7 Å². The van der Waals surface area contributed by atoms with Crippen molar-refractivity contribution >= 4 is 0 Å². The Labute approximate surface area is 184 Å². The van der Waals surface area contributed by atoms with Gasteiger partial charge in [-0.2, -0.15) is 0 Å². The van der Waals surface area contributed by atoms with Crippen LogP contribution in [0.15, 0.2) is 11.6 Å². The van der Waals surface area contributed by atoms with E-state index in [9.17, 15) is 10.2 Å². The van der Waals surface area contributed by atoms with Gasteiger partial charge in [0.15, 0.2) is 0 Å². The fourth-order valence-electron chi connectivity index (χ4n) is 9.34. The molecule has 0 aromatic carbocycles. The average molecular weight is 416 g/mol. The molecule has 0 amide bonds. The Hall–Kier alpha value is -0.380. The van der Waals surface area contributed by atoms with Crippen LogP contribution in [0.3, 0.4) is 0 Å². The van der Waals surface area contributed by atoms with Crippen LogP contribution in [0.4, 0.5) is 0 Å². The third-order valence-corrected chi connectivity index (χ3v) is 11.1. The predicted molar refractivity (Wildman–Crippen MR) is 122 cm³/mol. The van der Waals surface area contributed by atoms with E-state index < -0.39 is 5.60 Å². The second kappa shape index (κ2) is 7.32. The third-order valence-electron chi connectivity index (χ3n) is 11.1. The smallest absolute Gasteiger partial charge is 0.0805 e. The number of piperidine rings is 1. The normalized spacial score (nSPS) is 53.1. The maximum absolute atomic E-state index is 11.9. The summed E-state index contributed by atoms with van der Waals surface area (Å²) in [4.78, 5) is 0. The van der Waals surface area contributed by atoms with E-state index in [0.29, 0.717) is 11.3 Å². The SMILES string of the molecule is CC1CCC([C@](C)(O)[C@H]2CC[C@H]3[C@@H]4CC=C5C[C@@H](O)CC[C@]5(C)[C@H]4CC[C@@]32C)NC1. The summed E-state index contributed by atoms with van der Waals surface area (Å²) in [6, 6.07) is 0.252. The zero-order valence-corrected chi connectivity index (χ0v) is 19.8. The molecule has 170 valence electrons. The lowest BCUT2D eigenvalue weighted by Crippen LogP contribution is -2.60. The van der Waals surface area contributed by atoms with E-state index >= 15 is 0 Å². The number of nitrogens with one attached hydrogen (secondary N) is 1. The van der Waals surface area contributed by atoms with Gasteiger partial charge in [0.1, 0.15) is 0 Å². The first-order chi connectivity index (χ1) is 14.2. The number of rotatable bonds is 2. The van der Waals surface area contributed by atoms with Crippen molar-refractivity contribution in [1.82, 2.24) is 5.32 Å². The van der Waals surface area contributed by atoms with Gasteiger partial charge in [-0.1, -0.05) is 32.4 Å². The van der Waals surface area contributed by atoms with E-state index in [1.165, 1.54) is 38.5 Å². The molecule has 5 aliphatic rings. The Morgan fingerprint density at radius 2 is 1.83 bits per heavy atom. The first-order valence-electron chi connectivity index (χ1n) is 13.0. The third kappa shape index (κ3) is 3.09. The van der Waals surface area contributed by atoms with Gasteiger partial charge in [-0.3, -0.25) is 0 Å². The second-order valence-electron chi connectivity index (χ2n) is 12.7. The highest BCUT2D eigenvalue weighted by atomic mass is 16.3. The molecule has 1 saturated heterocycles. The minimum atomic E-state index is -0.606. The minimum Gasteiger partial charge on any atom is -0.393 e. The summed E-state index contributed by atoms with van der Waals surface area (Å²) in [6.45, 7) is 10.6. The Bertz CT molecular complexity index is 693. The van der Waals surface area contributed by atoms with Crippen molar-refractivity contribution in [3.8, 4) is 0 Å². The molecule has 5 rings (SSSR count). The van der Waals surface area contributed by atoms with Crippen LogP contribution in [-0.2, 0) is 0 Å². The van der Waals surface area contributed by atoms with E-state index in [4.69, 9.17) is 0 Å². The summed E-state index contributed by atoms with van der Waals surface area (Å²) in [5.41, 5.74) is 1.54. The molecule has 2 unspecified atom stereocenters. The number of aliphatic hydroxyl groups excluding tert-OH is 1. The van der Waals surface area contributed by atoms with E-state index in [2.05, 4.69) is 39.1 Å². The van der Waals surface area contributed by atoms with E-state index in [-0.39, 0.29) is 17.6 Å². The maximum Gasteiger partial charge on any atom is 0.0805 e. The molecule has 10 atom stereocenters. The molecular formula is C27H45NO2. The molecule has 0 radical (unpaired) electrons. The zero-order chi connectivity index (χ0) is 21.3. The predicted octanol–water partition coefficient (Wildman–Crippen LogP) is 5.07. The van der Waals surface area contributed by atoms with Crippen molar-refractivity contribution in [2.75, 3.05) is 6.54 Å². The zero-order valence-electron chi connectivity index (χ0n) is 19.8. The van der Waals surface area contributed by atoms with Crippen molar-refractivity contribution in [3.63, 3.8) is 0 Å². The Morgan fingerprint density at radius 1 is 1.03 bits per heavy atom. The summed E-state index contributed by atoms with van der Waals surface area (Å²) in [6.07, 6.45) is 14.1. The summed E-state index contributed by atoms with van der Waals surface area (Å²) < 4.78 is 0. The lowest BCUT2D eigenvalue weighted by molar-refractivity contribution is -0.119. The number of allylic oxidation sites excluding steroid dienone is 1. The summed E-state index contributed by atoms with van der Waals surface area (Å²) in [7, 11) is 0. The molecule has 30 heavy (non-hydrogen) atoms. The molecule has 1 heterocycles. The first-order valence-corrected chi connectivity index (χ1v) is 13.0. The molecule has 4 aliphatic carbocycles. The Balaban J connectivity index is 1.39. The van der Waals surface area contributed by atoms with Gasteiger partial charge in [0.25, 0.3) is 0 Å². The fourth-order valence-corrected chi connectivity index (χ4v) is 9.34. The maximum atomic E-state index is 11.9. The van der Waals surface area contributed by atoms with E-state index in [0.717, 1.165) is 55.9 Å². The summed E-state index contributed by atoms with van der Waals surface area (Å²) in [5, 5.41) is 25.8. The van der Waals surface area contributed by atoms with Gasteiger partial charge >= 0.3 is 0 Å². The van der Waals surface area contributed by atoms with Gasteiger partial charge < -0.3 is 15.5 Å². The first kappa shape index (κ1) is 21.5.